The Hall–Kier alpha value is -2.44. The highest BCUT2D eigenvalue weighted by Gasteiger charge is 2.18. The molecule has 0 aliphatic carbocycles. The lowest BCUT2D eigenvalue weighted by atomic mass is 10.2. The van der Waals surface area contributed by atoms with Crippen LogP contribution in [-0.2, 0) is 14.3 Å². The maximum absolute atomic E-state index is 11.6. The number of ether oxygens (including phenoxy) is 5. The monoisotopic (exact) mass is 326 g/mol. The highest BCUT2D eigenvalue weighted by molar-refractivity contribution is 5.91. The first-order chi connectivity index (χ1) is 11.1. The number of carbonyl (C=O) groups excluding carboxylic acids is 2. The summed E-state index contributed by atoms with van der Waals surface area (Å²) < 4.78 is 25.6. The van der Waals surface area contributed by atoms with Gasteiger partial charge in [-0.25, -0.2) is 4.79 Å². The van der Waals surface area contributed by atoms with Crippen LogP contribution in [-0.4, -0.2) is 46.5 Å². The van der Waals surface area contributed by atoms with Gasteiger partial charge in [0.25, 0.3) is 0 Å². The van der Waals surface area contributed by atoms with Crippen LogP contribution < -0.4 is 14.2 Å². The first-order valence-electron chi connectivity index (χ1n) is 7.20. The number of hydrogen-bond acceptors (Lipinski definition) is 7. The fourth-order valence-corrected chi connectivity index (χ4v) is 1.88. The van der Waals surface area contributed by atoms with Crippen LogP contribution in [0.25, 0.3) is 0 Å². The first-order valence-corrected chi connectivity index (χ1v) is 7.20. The van der Waals surface area contributed by atoms with Gasteiger partial charge in [0.15, 0.2) is 11.5 Å². The number of methoxy groups -OCH3 is 3. The van der Waals surface area contributed by atoms with Crippen molar-refractivity contribution in [2.45, 2.75) is 19.8 Å². The molecule has 0 unspecified atom stereocenters. The van der Waals surface area contributed by atoms with E-state index in [0.29, 0.717) is 35.8 Å². The van der Waals surface area contributed by atoms with Crippen LogP contribution in [0.5, 0.6) is 17.2 Å². The molecular weight excluding hydrogens is 304 g/mol. The highest BCUT2D eigenvalue weighted by Crippen LogP contribution is 2.38. The second kappa shape index (κ2) is 9.55. The molecule has 0 radical (unpaired) electrons. The van der Waals surface area contributed by atoms with Crippen LogP contribution in [0, 0.1) is 0 Å². The summed E-state index contributed by atoms with van der Waals surface area (Å²) in [7, 11) is 4.21. The summed E-state index contributed by atoms with van der Waals surface area (Å²) in [6, 6.07) is 3.02. The number of benzene rings is 1. The SMILES string of the molecule is CCOC(=O)CCCOc1c(OC)cc(C(=O)OC)cc1OC. The molecule has 1 aromatic carbocycles. The predicted octanol–water partition coefficient (Wildman–Crippen LogP) is 2.21. The zero-order valence-electron chi connectivity index (χ0n) is 13.8. The van der Waals surface area contributed by atoms with E-state index in [1.54, 1.807) is 6.92 Å². The lowest BCUT2D eigenvalue weighted by Crippen LogP contribution is -2.08. The minimum Gasteiger partial charge on any atom is -0.493 e. The molecule has 0 N–H and O–H groups in total. The average Bonchev–Trinajstić information content (AvgIpc) is 2.57. The van der Waals surface area contributed by atoms with Crippen LogP contribution in [0.3, 0.4) is 0 Å². The molecule has 0 spiro atoms. The van der Waals surface area contributed by atoms with E-state index >= 15 is 0 Å². The smallest absolute Gasteiger partial charge is 0.338 e. The second-order valence-electron chi connectivity index (χ2n) is 4.46. The Morgan fingerprint density at radius 1 is 1.04 bits per heavy atom. The fourth-order valence-electron chi connectivity index (χ4n) is 1.88. The van der Waals surface area contributed by atoms with Gasteiger partial charge < -0.3 is 23.7 Å². The van der Waals surface area contributed by atoms with Crippen molar-refractivity contribution in [1.29, 1.82) is 0 Å². The van der Waals surface area contributed by atoms with E-state index < -0.39 is 5.97 Å². The summed E-state index contributed by atoms with van der Waals surface area (Å²) in [6.07, 6.45) is 0.753. The molecule has 23 heavy (non-hydrogen) atoms. The molecule has 1 rings (SSSR count). The first kappa shape index (κ1) is 18.6. The molecule has 0 amide bonds. The van der Waals surface area contributed by atoms with E-state index in [4.69, 9.17) is 18.9 Å². The van der Waals surface area contributed by atoms with E-state index in [-0.39, 0.29) is 19.0 Å². The molecule has 0 fully saturated rings. The maximum Gasteiger partial charge on any atom is 0.338 e. The number of hydrogen-bond donors (Lipinski definition) is 0. The van der Waals surface area contributed by atoms with Gasteiger partial charge in [0.1, 0.15) is 0 Å². The molecular formula is C16H22O7. The van der Waals surface area contributed by atoms with E-state index in [1.807, 2.05) is 0 Å². The molecule has 1 aromatic rings. The molecule has 0 bridgehead atoms. The molecule has 0 aliphatic heterocycles. The largest absolute Gasteiger partial charge is 0.493 e. The van der Waals surface area contributed by atoms with Crippen molar-refractivity contribution >= 4 is 11.9 Å². The van der Waals surface area contributed by atoms with Crippen LogP contribution in [0.4, 0.5) is 0 Å². The van der Waals surface area contributed by atoms with Crippen LogP contribution in [0.1, 0.15) is 30.1 Å². The molecule has 0 aromatic heterocycles. The van der Waals surface area contributed by atoms with Crippen LogP contribution in [0.15, 0.2) is 12.1 Å². The van der Waals surface area contributed by atoms with Gasteiger partial charge in [-0.2, -0.15) is 0 Å². The van der Waals surface area contributed by atoms with Crippen molar-refractivity contribution in [3.63, 3.8) is 0 Å². The van der Waals surface area contributed by atoms with Gasteiger partial charge in [-0.3, -0.25) is 4.79 Å². The average molecular weight is 326 g/mol. The Morgan fingerprint density at radius 3 is 2.13 bits per heavy atom. The van der Waals surface area contributed by atoms with Crippen molar-refractivity contribution in [2.24, 2.45) is 0 Å². The van der Waals surface area contributed by atoms with Crippen LogP contribution >= 0.6 is 0 Å². The van der Waals surface area contributed by atoms with Gasteiger partial charge in [0, 0.05) is 6.42 Å². The number of rotatable bonds is 9. The van der Waals surface area contributed by atoms with Crippen molar-refractivity contribution < 1.29 is 33.3 Å². The molecule has 0 heterocycles. The summed E-state index contributed by atoms with van der Waals surface area (Å²) in [5.74, 6) is 0.291. The van der Waals surface area contributed by atoms with Crippen molar-refractivity contribution in [1.82, 2.24) is 0 Å². The zero-order valence-corrected chi connectivity index (χ0v) is 13.8. The van der Waals surface area contributed by atoms with Gasteiger partial charge in [0.2, 0.25) is 5.75 Å². The van der Waals surface area contributed by atoms with E-state index in [0.717, 1.165) is 0 Å². The van der Waals surface area contributed by atoms with E-state index in [9.17, 15) is 9.59 Å². The minimum absolute atomic E-state index is 0.263. The topological polar surface area (TPSA) is 80.3 Å². The van der Waals surface area contributed by atoms with Gasteiger partial charge in [-0.1, -0.05) is 0 Å². The third kappa shape index (κ3) is 5.36. The van der Waals surface area contributed by atoms with Gasteiger partial charge in [0.05, 0.1) is 40.1 Å². The summed E-state index contributed by atoms with van der Waals surface area (Å²) in [6.45, 7) is 2.40. The summed E-state index contributed by atoms with van der Waals surface area (Å²) in [5, 5.41) is 0. The number of esters is 2. The van der Waals surface area contributed by atoms with E-state index in [2.05, 4.69) is 4.74 Å². The molecule has 0 saturated heterocycles. The fraction of sp³-hybridized carbons (Fsp3) is 0.500. The van der Waals surface area contributed by atoms with Crippen molar-refractivity contribution in [3.05, 3.63) is 17.7 Å². The van der Waals surface area contributed by atoms with Gasteiger partial charge in [-0.15, -0.1) is 0 Å². The lowest BCUT2D eigenvalue weighted by Gasteiger charge is -2.15. The van der Waals surface area contributed by atoms with Crippen LogP contribution in [0.2, 0.25) is 0 Å². The highest BCUT2D eigenvalue weighted by atomic mass is 16.5. The lowest BCUT2D eigenvalue weighted by molar-refractivity contribution is -0.143. The Morgan fingerprint density at radius 2 is 1.65 bits per heavy atom. The molecule has 128 valence electrons. The molecule has 0 saturated carbocycles. The Kier molecular flexibility index (Phi) is 7.73. The Balaban J connectivity index is 2.80. The van der Waals surface area contributed by atoms with Gasteiger partial charge >= 0.3 is 11.9 Å². The maximum atomic E-state index is 11.6. The number of carbonyl (C=O) groups is 2. The molecule has 0 aliphatic rings. The molecule has 7 heteroatoms. The second-order valence-corrected chi connectivity index (χ2v) is 4.46. The minimum atomic E-state index is -0.504. The third-order valence-electron chi connectivity index (χ3n) is 2.96. The predicted molar refractivity (Wildman–Crippen MR) is 82.2 cm³/mol. The van der Waals surface area contributed by atoms with Crippen molar-refractivity contribution in [3.8, 4) is 17.2 Å². The Labute approximate surface area is 135 Å². The summed E-state index contributed by atoms with van der Waals surface area (Å²) >= 11 is 0. The quantitative estimate of drug-likeness (QED) is 0.508. The third-order valence-corrected chi connectivity index (χ3v) is 2.96. The standard InChI is InChI=1S/C16H22O7/c1-5-22-14(17)7-6-8-23-15-12(19-2)9-11(16(18)21-4)10-13(15)20-3/h9-10H,5-8H2,1-4H3. The zero-order chi connectivity index (χ0) is 17.2. The van der Waals surface area contributed by atoms with Gasteiger partial charge in [-0.05, 0) is 25.5 Å². The summed E-state index contributed by atoms with van der Waals surface area (Å²) in [5.41, 5.74) is 0.292. The molecule has 0 atom stereocenters. The Bertz CT molecular complexity index is 514. The van der Waals surface area contributed by atoms with Crippen molar-refractivity contribution in [2.75, 3.05) is 34.5 Å². The molecule has 7 nitrogen and oxygen atoms in total. The normalized spacial score (nSPS) is 9.91. The summed E-state index contributed by atoms with van der Waals surface area (Å²) in [4.78, 5) is 22.9. The van der Waals surface area contributed by atoms with E-state index in [1.165, 1.54) is 33.5 Å².